The van der Waals surface area contributed by atoms with Crippen molar-refractivity contribution in [3.8, 4) is 0 Å². The minimum atomic E-state index is -0.117. The second-order valence-electron chi connectivity index (χ2n) is 6.28. The van der Waals surface area contributed by atoms with Gasteiger partial charge in [0.2, 0.25) is 0 Å². The van der Waals surface area contributed by atoms with Crippen molar-refractivity contribution >= 4 is 6.09 Å². The van der Waals surface area contributed by atoms with Gasteiger partial charge in [0.15, 0.2) is 0 Å². The largest absolute Gasteiger partial charge is 0.449 e. The first-order chi connectivity index (χ1) is 8.61. The molecule has 18 heavy (non-hydrogen) atoms. The zero-order valence-electron chi connectivity index (χ0n) is 11.7. The molecule has 0 bridgehead atoms. The molecule has 2 saturated heterocycles. The third-order valence-electron chi connectivity index (χ3n) is 4.02. The van der Waals surface area contributed by atoms with Crippen molar-refractivity contribution in [3.05, 3.63) is 0 Å². The van der Waals surface area contributed by atoms with Gasteiger partial charge in [0.25, 0.3) is 0 Å². The summed E-state index contributed by atoms with van der Waals surface area (Å²) in [5.41, 5.74) is 0.313. The van der Waals surface area contributed by atoms with Crippen molar-refractivity contribution in [2.24, 2.45) is 11.3 Å². The maximum absolute atomic E-state index is 12.0. The minimum Gasteiger partial charge on any atom is -0.449 e. The molecule has 104 valence electrons. The minimum absolute atomic E-state index is 0.117. The molecule has 4 nitrogen and oxygen atoms in total. The Morgan fingerprint density at radius 3 is 2.83 bits per heavy atom. The number of likely N-dealkylation sites (tertiary alicyclic amines) is 1. The van der Waals surface area contributed by atoms with Gasteiger partial charge in [0.05, 0.1) is 6.61 Å². The molecule has 1 amide bonds. The predicted octanol–water partition coefficient (Wildman–Crippen LogP) is 2.24. The van der Waals surface area contributed by atoms with E-state index in [0.717, 1.165) is 32.6 Å². The molecule has 0 aromatic heterocycles. The van der Waals surface area contributed by atoms with Gasteiger partial charge in [-0.2, -0.15) is 0 Å². The number of nitrogens with zero attached hydrogens (tertiary/aromatic N) is 1. The van der Waals surface area contributed by atoms with Crippen LogP contribution in [0.3, 0.4) is 0 Å². The molecule has 1 spiro atoms. The van der Waals surface area contributed by atoms with E-state index in [1.807, 2.05) is 4.90 Å². The van der Waals surface area contributed by atoms with Crippen LogP contribution in [-0.4, -0.2) is 43.8 Å². The highest BCUT2D eigenvalue weighted by Crippen LogP contribution is 2.36. The van der Waals surface area contributed by atoms with E-state index in [0.29, 0.717) is 17.9 Å². The van der Waals surface area contributed by atoms with E-state index >= 15 is 0 Å². The fraction of sp³-hybridized carbons (Fsp3) is 0.929. The van der Waals surface area contributed by atoms with Crippen molar-refractivity contribution in [1.82, 2.24) is 10.2 Å². The number of rotatable bonds is 2. The monoisotopic (exact) mass is 254 g/mol. The molecule has 0 aromatic rings. The lowest BCUT2D eigenvalue weighted by Gasteiger charge is -2.44. The van der Waals surface area contributed by atoms with Crippen LogP contribution in [0.15, 0.2) is 0 Å². The average molecular weight is 254 g/mol. The molecule has 2 aliphatic heterocycles. The smallest absolute Gasteiger partial charge is 0.409 e. The second kappa shape index (κ2) is 5.91. The molecule has 0 aromatic carbocycles. The third-order valence-corrected chi connectivity index (χ3v) is 4.02. The summed E-state index contributed by atoms with van der Waals surface area (Å²) >= 11 is 0. The van der Waals surface area contributed by atoms with Crippen LogP contribution < -0.4 is 5.32 Å². The maximum Gasteiger partial charge on any atom is 0.409 e. The first kappa shape index (κ1) is 13.7. The average Bonchev–Trinajstić information content (AvgIpc) is 2.37. The van der Waals surface area contributed by atoms with Gasteiger partial charge < -0.3 is 15.0 Å². The molecule has 2 rings (SSSR count). The van der Waals surface area contributed by atoms with Crippen molar-refractivity contribution < 1.29 is 9.53 Å². The zero-order chi connectivity index (χ0) is 13.0. The van der Waals surface area contributed by atoms with E-state index in [1.165, 1.54) is 19.3 Å². The van der Waals surface area contributed by atoms with Crippen molar-refractivity contribution in [3.63, 3.8) is 0 Å². The van der Waals surface area contributed by atoms with Gasteiger partial charge in [-0.1, -0.05) is 13.8 Å². The van der Waals surface area contributed by atoms with Crippen molar-refractivity contribution in [1.29, 1.82) is 0 Å². The Kier molecular flexibility index (Phi) is 4.49. The Balaban J connectivity index is 1.87. The van der Waals surface area contributed by atoms with E-state index in [2.05, 4.69) is 19.2 Å². The molecule has 4 heteroatoms. The molecular weight excluding hydrogens is 228 g/mol. The van der Waals surface area contributed by atoms with Crippen LogP contribution in [0.5, 0.6) is 0 Å². The lowest BCUT2D eigenvalue weighted by molar-refractivity contribution is 0.0392. The van der Waals surface area contributed by atoms with E-state index in [1.54, 1.807) is 0 Å². The summed E-state index contributed by atoms with van der Waals surface area (Å²) in [6, 6.07) is 0. The van der Waals surface area contributed by atoms with Crippen LogP contribution >= 0.6 is 0 Å². The number of piperidine rings is 2. The Morgan fingerprint density at radius 2 is 2.17 bits per heavy atom. The number of carbonyl (C=O) groups excluding carboxylic acids is 1. The molecule has 1 atom stereocenters. The number of ether oxygens (including phenoxy) is 1. The van der Waals surface area contributed by atoms with Crippen LogP contribution in [0, 0.1) is 11.3 Å². The number of hydrogen-bond acceptors (Lipinski definition) is 3. The predicted molar refractivity (Wildman–Crippen MR) is 71.5 cm³/mol. The summed E-state index contributed by atoms with van der Waals surface area (Å²) in [7, 11) is 0. The molecule has 2 fully saturated rings. The molecule has 0 radical (unpaired) electrons. The standard InChI is InChI=1S/C14H26N2O2/c1-12(2)9-18-13(17)16-8-4-6-14(11-16)5-3-7-15-10-14/h12,15H,3-11H2,1-2H3. The highest BCUT2D eigenvalue weighted by Gasteiger charge is 2.38. The van der Waals surface area contributed by atoms with E-state index in [-0.39, 0.29) is 6.09 Å². The first-order valence-electron chi connectivity index (χ1n) is 7.24. The summed E-state index contributed by atoms with van der Waals surface area (Å²) in [5, 5.41) is 3.48. The second-order valence-corrected chi connectivity index (χ2v) is 6.28. The van der Waals surface area contributed by atoms with E-state index in [9.17, 15) is 4.79 Å². The lowest BCUT2D eigenvalue weighted by atomic mass is 9.74. The summed E-state index contributed by atoms with van der Waals surface area (Å²) in [5.74, 6) is 0.407. The Morgan fingerprint density at radius 1 is 1.39 bits per heavy atom. The molecule has 0 aliphatic carbocycles. The molecular formula is C14H26N2O2. The summed E-state index contributed by atoms with van der Waals surface area (Å²) in [6.07, 6.45) is 4.71. The van der Waals surface area contributed by atoms with Gasteiger partial charge in [-0.25, -0.2) is 4.79 Å². The topological polar surface area (TPSA) is 41.6 Å². The highest BCUT2D eigenvalue weighted by molar-refractivity contribution is 5.67. The molecule has 1 N–H and O–H groups in total. The van der Waals surface area contributed by atoms with Gasteiger partial charge in [-0.05, 0) is 38.1 Å². The van der Waals surface area contributed by atoms with Crippen molar-refractivity contribution in [2.45, 2.75) is 39.5 Å². The van der Waals surface area contributed by atoms with Crippen LogP contribution in [0.25, 0.3) is 0 Å². The van der Waals surface area contributed by atoms with Crippen LogP contribution in [0.1, 0.15) is 39.5 Å². The first-order valence-corrected chi connectivity index (χ1v) is 7.24. The number of nitrogens with one attached hydrogen (secondary N) is 1. The normalized spacial score (nSPS) is 28.7. The number of carbonyl (C=O) groups is 1. The molecule has 1 unspecified atom stereocenters. The highest BCUT2D eigenvalue weighted by atomic mass is 16.6. The van der Waals surface area contributed by atoms with Crippen LogP contribution in [-0.2, 0) is 4.74 Å². The number of hydrogen-bond donors (Lipinski definition) is 1. The molecule has 2 aliphatic rings. The fourth-order valence-corrected chi connectivity index (χ4v) is 3.07. The van der Waals surface area contributed by atoms with E-state index in [4.69, 9.17) is 4.74 Å². The van der Waals surface area contributed by atoms with Gasteiger partial charge in [-0.15, -0.1) is 0 Å². The Hall–Kier alpha value is -0.770. The van der Waals surface area contributed by atoms with Gasteiger partial charge >= 0.3 is 6.09 Å². The summed E-state index contributed by atoms with van der Waals surface area (Å²) in [4.78, 5) is 13.9. The van der Waals surface area contributed by atoms with Crippen LogP contribution in [0.4, 0.5) is 4.79 Å². The van der Waals surface area contributed by atoms with Gasteiger partial charge in [-0.3, -0.25) is 0 Å². The lowest BCUT2D eigenvalue weighted by Crippen LogP contribution is -2.52. The van der Waals surface area contributed by atoms with Crippen molar-refractivity contribution in [2.75, 3.05) is 32.8 Å². The number of amides is 1. The Bertz CT molecular complexity index is 280. The van der Waals surface area contributed by atoms with Crippen LogP contribution in [0.2, 0.25) is 0 Å². The third kappa shape index (κ3) is 3.37. The fourth-order valence-electron chi connectivity index (χ4n) is 3.07. The summed E-state index contributed by atoms with van der Waals surface area (Å²) < 4.78 is 5.34. The maximum atomic E-state index is 12.0. The SMILES string of the molecule is CC(C)COC(=O)N1CCCC2(CCCNC2)C1. The zero-order valence-corrected chi connectivity index (χ0v) is 11.7. The molecule has 0 saturated carbocycles. The molecule has 2 heterocycles. The van der Waals surface area contributed by atoms with Gasteiger partial charge in [0, 0.05) is 25.0 Å². The van der Waals surface area contributed by atoms with E-state index < -0.39 is 0 Å². The van der Waals surface area contributed by atoms with Gasteiger partial charge in [0.1, 0.15) is 0 Å². The Labute approximate surface area is 110 Å². The summed E-state index contributed by atoms with van der Waals surface area (Å²) in [6.45, 7) is 8.57. The quantitative estimate of drug-likeness (QED) is 0.821.